The van der Waals surface area contributed by atoms with Crippen LogP contribution in [-0.2, 0) is 25.6 Å². The molecule has 1 aromatic rings. The monoisotopic (exact) mass is 336 g/mol. The maximum Gasteiger partial charge on any atom is 0.163 e. The predicted octanol–water partition coefficient (Wildman–Crippen LogP) is 2.65. The van der Waals surface area contributed by atoms with E-state index in [1.807, 2.05) is 38.1 Å². The Hall–Kier alpha value is -1.76. The van der Waals surface area contributed by atoms with Gasteiger partial charge in [0.25, 0.3) is 0 Å². The van der Waals surface area contributed by atoms with Crippen LogP contribution in [0.5, 0.6) is 11.5 Å². The van der Waals surface area contributed by atoms with Crippen molar-refractivity contribution in [2.75, 3.05) is 20.8 Å². The number of hydrogen-bond donors (Lipinski definition) is 0. The quantitative estimate of drug-likeness (QED) is 0.796. The lowest BCUT2D eigenvalue weighted by Crippen LogP contribution is -2.39. The second kappa shape index (κ2) is 7.01. The van der Waals surface area contributed by atoms with Crippen molar-refractivity contribution in [2.45, 2.75) is 44.6 Å². The number of methoxy groups -OCH3 is 2. The lowest BCUT2D eigenvalue weighted by atomic mass is 10.1. The van der Waals surface area contributed by atoms with Crippen LogP contribution >= 0.6 is 0 Å². The van der Waals surface area contributed by atoms with Crippen LogP contribution in [0.25, 0.3) is 0 Å². The van der Waals surface area contributed by atoms with Gasteiger partial charge in [0.2, 0.25) is 0 Å². The average Bonchev–Trinajstić information content (AvgIpc) is 3.18. The highest BCUT2D eigenvalue weighted by molar-refractivity contribution is 5.40. The van der Waals surface area contributed by atoms with Gasteiger partial charge in [0, 0.05) is 11.6 Å². The van der Waals surface area contributed by atoms with E-state index in [0.717, 1.165) is 17.1 Å². The molecular formula is C18H24O6. The SMILES string of the molecule is COc1ccc(CO[C@@H]2C=CO[C@@H]2[C@H]2COC(C)(C)O2)c(OC)c1. The second-order valence-electron chi connectivity index (χ2n) is 6.25. The summed E-state index contributed by atoms with van der Waals surface area (Å²) < 4.78 is 33.8. The normalized spacial score (nSPS) is 27.9. The summed E-state index contributed by atoms with van der Waals surface area (Å²) in [5, 5.41) is 0. The van der Waals surface area contributed by atoms with Crippen molar-refractivity contribution in [2.24, 2.45) is 0 Å². The molecule has 3 rings (SSSR count). The molecule has 2 heterocycles. The van der Waals surface area contributed by atoms with Gasteiger partial charge in [-0.15, -0.1) is 0 Å². The fraction of sp³-hybridized carbons (Fsp3) is 0.556. The van der Waals surface area contributed by atoms with E-state index in [1.165, 1.54) is 0 Å². The molecule has 2 aliphatic rings. The Balaban J connectivity index is 1.62. The molecule has 1 fully saturated rings. The average molecular weight is 336 g/mol. The van der Waals surface area contributed by atoms with Crippen LogP contribution in [0.2, 0.25) is 0 Å². The van der Waals surface area contributed by atoms with Crippen molar-refractivity contribution in [1.29, 1.82) is 0 Å². The zero-order chi connectivity index (χ0) is 17.2. The number of benzene rings is 1. The van der Waals surface area contributed by atoms with E-state index < -0.39 is 5.79 Å². The molecule has 1 saturated heterocycles. The smallest absolute Gasteiger partial charge is 0.163 e. The summed E-state index contributed by atoms with van der Waals surface area (Å²) in [7, 11) is 3.26. The van der Waals surface area contributed by atoms with E-state index in [2.05, 4.69) is 0 Å². The molecule has 0 N–H and O–H groups in total. The Morgan fingerprint density at radius 2 is 2.04 bits per heavy atom. The summed E-state index contributed by atoms with van der Waals surface area (Å²) >= 11 is 0. The van der Waals surface area contributed by atoms with E-state index in [-0.39, 0.29) is 18.3 Å². The van der Waals surface area contributed by atoms with Gasteiger partial charge >= 0.3 is 0 Å². The summed E-state index contributed by atoms with van der Waals surface area (Å²) in [6.45, 7) is 4.69. The predicted molar refractivity (Wildman–Crippen MR) is 87.0 cm³/mol. The Morgan fingerprint density at radius 1 is 1.21 bits per heavy atom. The first-order valence-electron chi connectivity index (χ1n) is 7.99. The molecule has 0 spiro atoms. The maximum absolute atomic E-state index is 6.03. The molecule has 3 atom stereocenters. The molecule has 2 aliphatic heterocycles. The molecule has 0 unspecified atom stereocenters. The van der Waals surface area contributed by atoms with E-state index in [9.17, 15) is 0 Å². The molecular weight excluding hydrogens is 312 g/mol. The molecule has 0 bridgehead atoms. The van der Waals surface area contributed by atoms with Gasteiger partial charge in [-0.3, -0.25) is 0 Å². The molecule has 0 radical (unpaired) electrons. The Bertz CT molecular complexity index is 597. The molecule has 1 aromatic carbocycles. The van der Waals surface area contributed by atoms with Crippen molar-refractivity contribution in [3.05, 3.63) is 36.1 Å². The van der Waals surface area contributed by atoms with E-state index in [0.29, 0.717) is 13.2 Å². The highest BCUT2D eigenvalue weighted by atomic mass is 16.8. The van der Waals surface area contributed by atoms with E-state index >= 15 is 0 Å². The molecule has 0 aliphatic carbocycles. The molecule has 6 nitrogen and oxygen atoms in total. The van der Waals surface area contributed by atoms with Crippen molar-refractivity contribution in [1.82, 2.24) is 0 Å². The molecule has 132 valence electrons. The van der Waals surface area contributed by atoms with Gasteiger partial charge in [0.1, 0.15) is 23.7 Å². The summed E-state index contributed by atoms with van der Waals surface area (Å²) in [5.41, 5.74) is 0.946. The Labute approximate surface area is 142 Å². The Morgan fingerprint density at radius 3 is 2.71 bits per heavy atom. The summed E-state index contributed by atoms with van der Waals surface area (Å²) in [6.07, 6.45) is 3.00. The lowest BCUT2D eigenvalue weighted by Gasteiger charge is -2.25. The van der Waals surface area contributed by atoms with Crippen molar-refractivity contribution >= 4 is 0 Å². The van der Waals surface area contributed by atoms with Crippen LogP contribution in [0.4, 0.5) is 0 Å². The van der Waals surface area contributed by atoms with Crippen molar-refractivity contribution < 1.29 is 28.4 Å². The van der Waals surface area contributed by atoms with Crippen LogP contribution in [0.3, 0.4) is 0 Å². The Kier molecular flexibility index (Phi) is 4.99. The standard InChI is InChI=1S/C18H24O6/c1-18(2)23-11-16(24-18)17-14(7-8-21-17)22-10-12-5-6-13(19-3)9-15(12)20-4/h5-9,14,16-17H,10-11H2,1-4H3/t14-,16-,17+/m1/s1. The van der Waals surface area contributed by atoms with Crippen LogP contribution in [0, 0.1) is 0 Å². The fourth-order valence-electron chi connectivity index (χ4n) is 2.88. The van der Waals surface area contributed by atoms with Crippen molar-refractivity contribution in [3.63, 3.8) is 0 Å². The van der Waals surface area contributed by atoms with Gasteiger partial charge in [-0.2, -0.15) is 0 Å². The van der Waals surface area contributed by atoms with Gasteiger partial charge in [0.05, 0.1) is 33.7 Å². The van der Waals surface area contributed by atoms with Gasteiger partial charge in [-0.1, -0.05) is 0 Å². The third-order valence-corrected chi connectivity index (χ3v) is 4.15. The first kappa shape index (κ1) is 17.1. The molecule has 6 heteroatoms. The van der Waals surface area contributed by atoms with Crippen LogP contribution in [0.1, 0.15) is 19.4 Å². The topological polar surface area (TPSA) is 55.4 Å². The summed E-state index contributed by atoms with van der Waals surface area (Å²) in [5.74, 6) is 0.895. The minimum atomic E-state index is -0.583. The van der Waals surface area contributed by atoms with Crippen molar-refractivity contribution in [3.8, 4) is 11.5 Å². The maximum atomic E-state index is 6.03. The third-order valence-electron chi connectivity index (χ3n) is 4.15. The largest absolute Gasteiger partial charge is 0.497 e. The number of rotatable bonds is 6. The lowest BCUT2D eigenvalue weighted by molar-refractivity contribution is -0.159. The van der Waals surface area contributed by atoms with Gasteiger partial charge < -0.3 is 28.4 Å². The van der Waals surface area contributed by atoms with Crippen LogP contribution < -0.4 is 9.47 Å². The van der Waals surface area contributed by atoms with Gasteiger partial charge in [-0.25, -0.2) is 0 Å². The number of ether oxygens (including phenoxy) is 6. The van der Waals surface area contributed by atoms with Gasteiger partial charge in [0.15, 0.2) is 11.9 Å². The minimum Gasteiger partial charge on any atom is -0.497 e. The molecule has 0 aromatic heterocycles. The molecule has 0 saturated carbocycles. The first-order valence-corrected chi connectivity index (χ1v) is 7.99. The number of hydrogen-bond acceptors (Lipinski definition) is 6. The minimum absolute atomic E-state index is 0.155. The van der Waals surface area contributed by atoms with Crippen LogP contribution in [-0.4, -0.2) is 44.9 Å². The second-order valence-corrected chi connectivity index (χ2v) is 6.25. The fourth-order valence-corrected chi connectivity index (χ4v) is 2.88. The zero-order valence-corrected chi connectivity index (χ0v) is 14.5. The van der Waals surface area contributed by atoms with Crippen LogP contribution in [0.15, 0.2) is 30.5 Å². The van der Waals surface area contributed by atoms with E-state index in [1.54, 1.807) is 20.5 Å². The molecule has 0 amide bonds. The summed E-state index contributed by atoms with van der Waals surface area (Å²) in [6, 6.07) is 5.66. The third kappa shape index (κ3) is 3.66. The van der Waals surface area contributed by atoms with E-state index in [4.69, 9.17) is 28.4 Å². The highest BCUT2D eigenvalue weighted by Gasteiger charge is 2.43. The summed E-state index contributed by atoms with van der Waals surface area (Å²) in [4.78, 5) is 0. The van der Waals surface area contributed by atoms with Gasteiger partial charge in [-0.05, 0) is 32.1 Å². The zero-order valence-electron chi connectivity index (χ0n) is 14.5. The molecule has 24 heavy (non-hydrogen) atoms. The highest BCUT2D eigenvalue weighted by Crippen LogP contribution is 2.31. The first-order chi connectivity index (χ1) is 11.5.